The topological polar surface area (TPSA) is 59.4 Å². The van der Waals surface area contributed by atoms with E-state index in [0.717, 1.165) is 32.2 Å². The van der Waals surface area contributed by atoms with Gasteiger partial charge in [-0.2, -0.15) is 5.26 Å². The van der Waals surface area contributed by atoms with Gasteiger partial charge >= 0.3 is 0 Å². The molecule has 1 N–H and O–H groups in total. The molecule has 1 aromatic carbocycles. The van der Waals surface area contributed by atoms with Crippen molar-refractivity contribution in [2.75, 3.05) is 11.4 Å². The van der Waals surface area contributed by atoms with Gasteiger partial charge in [0, 0.05) is 24.3 Å². The van der Waals surface area contributed by atoms with Crippen LogP contribution in [0.2, 0.25) is 0 Å². The zero-order chi connectivity index (χ0) is 16.7. The van der Waals surface area contributed by atoms with Crippen LogP contribution in [0.3, 0.4) is 0 Å². The van der Waals surface area contributed by atoms with Crippen LogP contribution < -0.4 is 10.2 Å². The first-order chi connectivity index (χ1) is 11.7. The summed E-state index contributed by atoms with van der Waals surface area (Å²) in [5.74, 6) is 0.191. The SMILES string of the molecule is CC1C(C(=O)N[C@@H]2C[C@@H]3CC[C@H]2N3C#N)CCN1c1ccccc1. The number of para-hydroxylation sites is 1. The fraction of sp³-hybridized carbons (Fsp3) is 0.579. The largest absolute Gasteiger partial charge is 0.368 e. The van der Waals surface area contributed by atoms with E-state index in [-0.39, 0.29) is 30.0 Å². The lowest BCUT2D eigenvalue weighted by Crippen LogP contribution is -2.47. The van der Waals surface area contributed by atoms with Crippen LogP contribution in [0, 0.1) is 17.4 Å². The van der Waals surface area contributed by atoms with Crippen molar-refractivity contribution >= 4 is 11.6 Å². The average Bonchev–Trinajstić information content (AvgIpc) is 3.27. The summed E-state index contributed by atoms with van der Waals surface area (Å²) in [5.41, 5.74) is 1.19. The minimum atomic E-state index is 0.0277. The van der Waals surface area contributed by atoms with E-state index in [2.05, 4.69) is 35.5 Å². The predicted octanol–water partition coefficient (Wildman–Crippen LogP) is 2.10. The van der Waals surface area contributed by atoms with Gasteiger partial charge in [0.05, 0.1) is 18.0 Å². The molecular formula is C19H24N4O. The number of anilines is 1. The molecule has 24 heavy (non-hydrogen) atoms. The molecular weight excluding hydrogens is 300 g/mol. The Labute approximate surface area is 143 Å². The summed E-state index contributed by atoms with van der Waals surface area (Å²) in [5, 5.41) is 12.5. The van der Waals surface area contributed by atoms with Crippen molar-refractivity contribution in [3.05, 3.63) is 30.3 Å². The molecule has 5 nitrogen and oxygen atoms in total. The number of rotatable bonds is 3. The Hall–Kier alpha value is -2.22. The summed E-state index contributed by atoms with van der Waals surface area (Å²) >= 11 is 0. The molecule has 1 amide bonds. The zero-order valence-electron chi connectivity index (χ0n) is 14.1. The average molecular weight is 324 g/mol. The van der Waals surface area contributed by atoms with E-state index in [1.165, 1.54) is 5.69 Å². The van der Waals surface area contributed by atoms with Crippen LogP contribution >= 0.6 is 0 Å². The summed E-state index contributed by atoms with van der Waals surface area (Å²) in [6.07, 6.45) is 6.24. The maximum atomic E-state index is 12.8. The van der Waals surface area contributed by atoms with Crippen LogP contribution in [-0.2, 0) is 4.79 Å². The number of amides is 1. The van der Waals surface area contributed by atoms with Crippen LogP contribution in [0.4, 0.5) is 5.69 Å². The quantitative estimate of drug-likeness (QED) is 0.865. The van der Waals surface area contributed by atoms with Gasteiger partial charge in [-0.15, -0.1) is 0 Å². The first-order valence-corrected chi connectivity index (χ1v) is 8.99. The standard InChI is InChI=1S/C19H24N4O/c1-13-16(9-10-22(13)14-5-3-2-4-6-14)19(24)21-17-11-15-7-8-18(17)23(15)12-20/h2-6,13,15-18H,7-11H2,1H3,(H,21,24)/t13?,15-,16?,17+,18+/m0/s1. The Morgan fingerprint density at radius 3 is 2.75 bits per heavy atom. The van der Waals surface area contributed by atoms with Gasteiger partial charge in [-0.3, -0.25) is 4.79 Å². The van der Waals surface area contributed by atoms with Crippen molar-refractivity contribution in [2.45, 2.75) is 56.8 Å². The van der Waals surface area contributed by atoms with Crippen LogP contribution in [0.5, 0.6) is 0 Å². The van der Waals surface area contributed by atoms with Gasteiger partial charge in [0.15, 0.2) is 6.19 Å². The highest BCUT2D eigenvalue weighted by molar-refractivity contribution is 5.81. The third-order valence-electron chi connectivity index (χ3n) is 6.16. The van der Waals surface area contributed by atoms with Gasteiger partial charge in [-0.25, -0.2) is 0 Å². The highest BCUT2D eigenvalue weighted by Gasteiger charge is 2.47. The molecule has 0 saturated carbocycles. The first-order valence-electron chi connectivity index (χ1n) is 8.99. The molecule has 3 heterocycles. The molecule has 126 valence electrons. The normalized spacial score (nSPS) is 34.4. The lowest BCUT2D eigenvalue weighted by molar-refractivity contribution is -0.125. The first kappa shape index (κ1) is 15.3. The van der Waals surface area contributed by atoms with Crippen molar-refractivity contribution in [3.8, 4) is 6.19 Å². The number of nitrogens with one attached hydrogen (secondary N) is 1. The van der Waals surface area contributed by atoms with Gasteiger partial charge in [0.1, 0.15) is 0 Å². The molecule has 1 aromatic rings. The van der Waals surface area contributed by atoms with E-state index in [0.29, 0.717) is 6.04 Å². The molecule has 5 heteroatoms. The fourth-order valence-corrected chi connectivity index (χ4v) is 4.86. The Bertz CT molecular complexity index is 655. The number of fused-ring (bicyclic) bond motifs is 2. The number of benzene rings is 1. The molecule has 2 unspecified atom stereocenters. The number of hydrogen-bond donors (Lipinski definition) is 1. The second-order valence-electron chi connectivity index (χ2n) is 7.32. The lowest BCUT2D eigenvalue weighted by atomic mass is 9.93. The monoisotopic (exact) mass is 324 g/mol. The Morgan fingerprint density at radius 2 is 2.04 bits per heavy atom. The van der Waals surface area contributed by atoms with Gasteiger partial charge in [0.2, 0.25) is 5.91 Å². The lowest BCUT2D eigenvalue weighted by Gasteiger charge is -2.28. The molecule has 0 aliphatic carbocycles. The van der Waals surface area contributed by atoms with E-state index in [1.807, 2.05) is 23.1 Å². The summed E-state index contributed by atoms with van der Waals surface area (Å²) in [6.45, 7) is 3.07. The highest BCUT2D eigenvalue weighted by Crippen LogP contribution is 2.37. The van der Waals surface area contributed by atoms with Gasteiger partial charge < -0.3 is 15.1 Å². The summed E-state index contributed by atoms with van der Waals surface area (Å²) in [6, 6.07) is 11.2. The molecule has 4 rings (SSSR count). The summed E-state index contributed by atoms with van der Waals surface area (Å²) in [4.78, 5) is 17.0. The molecule has 0 radical (unpaired) electrons. The van der Waals surface area contributed by atoms with Gasteiger partial charge in [0.25, 0.3) is 0 Å². The number of nitriles is 1. The fourth-order valence-electron chi connectivity index (χ4n) is 4.86. The van der Waals surface area contributed by atoms with Crippen LogP contribution in [0.1, 0.15) is 32.6 Å². The molecule has 3 aliphatic rings. The smallest absolute Gasteiger partial charge is 0.225 e. The van der Waals surface area contributed by atoms with E-state index < -0.39 is 0 Å². The van der Waals surface area contributed by atoms with E-state index >= 15 is 0 Å². The third-order valence-corrected chi connectivity index (χ3v) is 6.16. The van der Waals surface area contributed by atoms with Crippen molar-refractivity contribution in [2.24, 2.45) is 5.92 Å². The highest BCUT2D eigenvalue weighted by atomic mass is 16.2. The number of nitrogens with zero attached hydrogens (tertiary/aromatic N) is 3. The molecule has 0 aromatic heterocycles. The maximum absolute atomic E-state index is 12.8. The molecule has 3 aliphatic heterocycles. The van der Waals surface area contributed by atoms with E-state index in [1.54, 1.807) is 0 Å². The Balaban J connectivity index is 1.40. The van der Waals surface area contributed by atoms with E-state index in [9.17, 15) is 10.1 Å². The second-order valence-corrected chi connectivity index (χ2v) is 7.32. The maximum Gasteiger partial charge on any atom is 0.225 e. The van der Waals surface area contributed by atoms with Crippen LogP contribution in [0.25, 0.3) is 0 Å². The van der Waals surface area contributed by atoms with Crippen molar-refractivity contribution in [1.82, 2.24) is 10.2 Å². The number of carbonyl (C=O) groups excluding carboxylic acids is 1. The molecule has 3 saturated heterocycles. The molecule has 3 fully saturated rings. The summed E-state index contributed by atoms with van der Waals surface area (Å²) < 4.78 is 0. The minimum Gasteiger partial charge on any atom is -0.368 e. The number of hydrogen-bond acceptors (Lipinski definition) is 4. The molecule has 5 atom stereocenters. The Morgan fingerprint density at radius 1 is 1.25 bits per heavy atom. The minimum absolute atomic E-state index is 0.0277. The molecule has 2 bridgehead atoms. The predicted molar refractivity (Wildman–Crippen MR) is 92.2 cm³/mol. The molecule has 0 spiro atoms. The third kappa shape index (κ3) is 2.41. The van der Waals surface area contributed by atoms with Crippen molar-refractivity contribution in [3.63, 3.8) is 0 Å². The van der Waals surface area contributed by atoms with Gasteiger partial charge in [-0.1, -0.05) is 18.2 Å². The zero-order valence-corrected chi connectivity index (χ0v) is 14.1. The van der Waals surface area contributed by atoms with Crippen molar-refractivity contribution in [1.29, 1.82) is 5.26 Å². The van der Waals surface area contributed by atoms with Crippen LogP contribution in [0.15, 0.2) is 30.3 Å². The van der Waals surface area contributed by atoms with Crippen molar-refractivity contribution < 1.29 is 4.79 Å². The second kappa shape index (κ2) is 6.01. The number of carbonyl (C=O) groups is 1. The Kier molecular flexibility index (Phi) is 3.84. The van der Waals surface area contributed by atoms with Crippen LogP contribution in [-0.4, -0.2) is 41.5 Å². The van der Waals surface area contributed by atoms with Gasteiger partial charge in [-0.05, 0) is 44.7 Å². The summed E-state index contributed by atoms with van der Waals surface area (Å²) in [7, 11) is 0. The van der Waals surface area contributed by atoms with E-state index in [4.69, 9.17) is 0 Å².